The number of carbonyl (C=O) groups excluding carboxylic acids is 2. The lowest BCUT2D eigenvalue weighted by molar-refractivity contribution is -0.126. The van der Waals surface area contributed by atoms with Crippen molar-refractivity contribution >= 4 is 21.5 Å². The molecule has 3 rings (SSSR count). The Morgan fingerprint density at radius 3 is 2.38 bits per heavy atom. The fourth-order valence-corrected chi connectivity index (χ4v) is 4.64. The molecule has 154 valence electrons. The SMILES string of the molecule is Cc1ccc(S(=O)(=O)C(NNC(=O)C2CCCNC2)C(=O)c2ccccc2)cc1. The first kappa shape index (κ1) is 21.2. The second-order valence-electron chi connectivity index (χ2n) is 7.15. The molecule has 0 aromatic heterocycles. The maximum absolute atomic E-state index is 13.2. The van der Waals surface area contributed by atoms with E-state index in [1.807, 2.05) is 6.92 Å². The van der Waals surface area contributed by atoms with Gasteiger partial charge in [-0.25, -0.2) is 13.8 Å². The third-order valence-corrected chi connectivity index (χ3v) is 6.83. The van der Waals surface area contributed by atoms with Gasteiger partial charge in [0.2, 0.25) is 15.7 Å². The van der Waals surface area contributed by atoms with Gasteiger partial charge in [0.15, 0.2) is 11.2 Å². The Morgan fingerprint density at radius 2 is 1.76 bits per heavy atom. The topological polar surface area (TPSA) is 104 Å². The van der Waals surface area contributed by atoms with E-state index in [4.69, 9.17) is 0 Å². The van der Waals surface area contributed by atoms with Crippen molar-refractivity contribution in [2.24, 2.45) is 5.92 Å². The van der Waals surface area contributed by atoms with Crippen molar-refractivity contribution in [1.82, 2.24) is 16.2 Å². The molecule has 29 heavy (non-hydrogen) atoms. The smallest absolute Gasteiger partial charge is 0.238 e. The summed E-state index contributed by atoms with van der Waals surface area (Å²) in [5, 5.41) is 1.51. The Morgan fingerprint density at radius 1 is 1.07 bits per heavy atom. The zero-order chi connectivity index (χ0) is 20.9. The predicted molar refractivity (Wildman–Crippen MR) is 110 cm³/mol. The highest BCUT2D eigenvalue weighted by atomic mass is 32.2. The second-order valence-corrected chi connectivity index (χ2v) is 9.18. The number of hydrogen-bond acceptors (Lipinski definition) is 6. The zero-order valence-electron chi connectivity index (χ0n) is 16.2. The van der Waals surface area contributed by atoms with E-state index in [0.29, 0.717) is 13.0 Å². The van der Waals surface area contributed by atoms with Gasteiger partial charge in [-0.15, -0.1) is 0 Å². The minimum atomic E-state index is -4.08. The highest BCUT2D eigenvalue weighted by molar-refractivity contribution is 7.92. The number of carbonyl (C=O) groups is 2. The summed E-state index contributed by atoms with van der Waals surface area (Å²) in [7, 11) is -4.08. The number of benzene rings is 2. The third-order valence-electron chi connectivity index (χ3n) is 4.95. The first-order valence-electron chi connectivity index (χ1n) is 9.55. The summed E-state index contributed by atoms with van der Waals surface area (Å²) in [6, 6.07) is 14.4. The Bertz CT molecular complexity index is 953. The summed E-state index contributed by atoms with van der Waals surface area (Å²) >= 11 is 0. The Kier molecular flexibility index (Phi) is 6.79. The summed E-state index contributed by atoms with van der Waals surface area (Å²) in [6.07, 6.45) is 1.58. The molecule has 8 heteroatoms. The molecule has 2 unspecified atom stereocenters. The van der Waals surface area contributed by atoms with Crippen LogP contribution < -0.4 is 16.2 Å². The number of hydrazine groups is 1. The molecule has 0 saturated carbocycles. The van der Waals surface area contributed by atoms with Gasteiger partial charge in [0.1, 0.15) is 0 Å². The number of ketones is 1. The van der Waals surface area contributed by atoms with Gasteiger partial charge in [-0.1, -0.05) is 48.0 Å². The van der Waals surface area contributed by atoms with E-state index in [2.05, 4.69) is 16.2 Å². The average Bonchev–Trinajstić information content (AvgIpc) is 2.75. The van der Waals surface area contributed by atoms with Gasteiger partial charge >= 0.3 is 0 Å². The standard InChI is InChI=1S/C21H25N3O4S/c1-15-9-11-18(12-10-15)29(27,28)21(19(25)16-6-3-2-4-7-16)24-23-20(26)17-8-5-13-22-14-17/h2-4,6-7,9-12,17,21-22,24H,5,8,13-14H2,1H3,(H,23,26). The van der Waals surface area contributed by atoms with E-state index >= 15 is 0 Å². The predicted octanol–water partition coefficient (Wildman–Crippen LogP) is 1.60. The Hall–Kier alpha value is -2.55. The molecule has 1 fully saturated rings. The van der Waals surface area contributed by atoms with Crippen LogP contribution in [0.2, 0.25) is 0 Å². The molecule has 2 atom stereocenters. The number of aryl methyl sites for hydroxylation is 1. The summed E-state index contributed by atoms with van der Waals surface area (Å²) in [5.41, 5.74) is 6.11. The highest BCUT2D eigenvalue weighted by Crippen LogP contribution is 2.19. The van der Waals surface area contributed by atoms with Gasteiger partial charge in [0.25, 0.3) is 0 Å². The fourth-order valence-electron chi connectivity index (χ4n) is 3.22. The fraction of sp³-hybridized carbons (Fsp3) is 0.333. The highest BCUT2D eigenvalue weighted by Gasteiger charge is 2.35. The first-order valence-corrected chi connectivity index (χ1v) is 11.1. The van der Waals surface area contributed by atoms with Crippen LogP contribution in [-0.4, -0.2) is 38.6 Å². The lowest BCUT2D eigenvalue weighted by Crippen LogP contribution is -2.54. The molecule has 0 radical (unpaired) electrons. The Labute approximate surface area is 170 Å². The van der Waals surface area contributed by atoms with Crippen molar-refractivity contribution in [1.29, 1.82) is 0 Å². The first-order chi connectivity index (χ1) is 13.9. The van der Waals surface area contributed by atoms with Gasteiger partial charge in [0.05, 0.1) is 10.8 Å². The van der Waals surface area contributed by atoms with Gasteiger partial charge in [-0.2, -0.15) is 0 Å². The van der Waals surface area contributed by atoms with E-state index in [-0.39, 0.29) is 22.3 Å². The van der Waals surface area contributed by atoms with E-state index in [9.17, 15) is 18.0 Å². The van der Waals surface area contributed by atoms with Crippen molar-refractivity contribution in [3.05, 3.63) is 65.7 Å². The molecule has 3 N–H and O–H groups in total. The number of Topliss-reactive ketones (excluding diaryl/α,β-unsaturated/α-hetero) is 1. The van der Waals surface area contributed by atoms with E-state index in [0.717, 1.165) is 18.5 Å². The van der Waals surface area contributed by atoms with Gasteiger partial charge in [-0.3, -0.25) is 15.0 Å². The number of nitrogens with one attached hydrogen (secondary N) is 3. The van der Waals surface area contributed by atoms with Crippen molar-refractivity contribution in [2.75, 3.05) is 13.1 Å². The second kappa shape index (κ2) is 9.30. The molecule has 0 spiro atoms. The third kappa shape index (κ3) is 5.09. The quantitative estimate of drug-likeness (QED) is 0.469. The van der Waals surface area contributed by atoms with Crippen molar-refractivity contribution < 1.29 is 18.0 Å². The minimum Gasteiger partial charge on any atom is -0.316 e. The molecule has 1 aliphatic rings. The lowest BCUT2D eigenvalue weighted by atomic mass is 9.99. The number of rotatable bonds is 7. The number of piperidine rings is 1. The molecule has 7 nitrogen and oxygen atoms in total. The van der Waals surface area contributed by atoms with Crippen LogP contribution in [0.4, 0.5) is 0 Å². The number of hydrogen-bond donors (Lipinski definition) is 3. The molecule has 1 amide bonds. The van der Waals surface area contributed by atoms with E-state index < -0.39 is 21.0 Å². The van der Waals surface area contributed by atoms with Crippen LogP contribution in [0.5, 0.6) is 0 Å². The monoisotopic (exact) mass is 415 g/mol. The van der Waals surface area contributed by atoms with Crippen LogP contribution in [0, 0.1) is 12.8 Å². The molecule has 1 heterocycles. The number of amides is 1. The van der Waals surface area contributed by atoms with Gasteiger partial charge < -0.3 is 5.32 Å². The Balaban J connectivity index is 1.86. The van der Waals surface area contributed by atoms with Gasteiger partial charge in [-0.05, 0) is 38.4 Å². The molecule has 0 aliphatic carbocycles. The molecule has 2 aromatic carbocycles. The van der Waals surface area contributed by atoms with Crippen LogP contribution in [0.25, 0.3) is 0 Å². The summed E-state index contributed by atoms with van der Waals surface area (Å²) in [5.74, 6) is -1.23. The molecule has 2 aromatic rings. The zero-order valence-corrected chi connectivity index (χ0v) is 17.0. The summed E-state index contributed by atoms with van der Waals surface area (Å²) in [6.45, 7) is 3.23. The number of sulfone groups is 1. The van der Waals surface area contributed by atoms with E-state index in [1.54, 1.807) is 42.5 Å². The molecule has 1 saturated heterocycles. The minimum absolute atomic E-state index is 0.0125. The van der Waals surface area contributed by atoms with Crippen LogP contribution in [-0.2, 0) is 14.6 Å². The van der Waals surface area contributed by atoms with Crippen molar-refractivity contribution in [3.8, 4) is 0 Å². The van der Waals surface area contributed by atoms with Gasteiger partial charge in [0, 0.05) is 12.1 Å². The van der Waals surface area contributed by atoms with Crippen molar-refractivity contribution in [2.45, 2.75) is 30.0 Å². The normalized spacial score (nSPS) is 18.0. The van der Waals surface area contributed by atoms with Crippen LogP contribution >= 0.6 is 0 Å². The largest absolute Gasteiger partial charge is 0.316 e. The molecular weight excluding hydrogens is 390 g/mol. The summed E-state index contributed by atoms with van der Waals surface area (Å²) < 4.78 is 26.4. The van der Waals surface area contributed by atoms with Crippen LogP contribution in [0.3, 0.4) is 0 Å². The molecule has 1 aliphatic heterocycles. The lowest BCUT2D eigenvalue weighted by Gasteiger charge is -2.24. The maximum Gasteiger partial charge on any atom is 0.238 e. The van der Waals surface area contributed by atoms with Crippen molar-refractivity contribution in [3.63, 3.8) is 0 Å². The van der Waals surface area contributed by atoms with E-state index in [1.165, 1.54) is 12.1 Å². The molecule has 0 bridgehead atoms. The van der Waals surface area contributed by atoms with Crippen LogP contribution in [0.1, 0.15) is 28.8 Å². The average molecular weight is 416 g/mol. The summed E-state index contributed by atoms with van der Waals surface area (Å²) in [4.78, 5) is 25.5. The maximum atomic E-state index is 13.2. The molecular formula is C21H25N3O4S. The van der Waals surface area contributed by atoms with Crippen LogP contribution in [0.15, 0.2) is 59.5 Å².